The average molecular weight is 270 g/mol. The van der Waals surface area contributed by atoms with E-state index in [1.165, 1.54) is 6.42 Å². The van der Waals surface area contributed by atoms with E-state index in [4.69, 9.17) is 10.2 Å². The Bertz CT molecular complexity index is 287. The molecule has 0 amide bonds. The zero-order valence-electron chi connectivity index (χ0n) is 11.8. The van der Waals surface area contributed by atoms with Gasteiger partial charge in [-0.15, -0.1) is 0 Å². The van der Waals surface area contributed by atoms with Gasteiger partial charge in [-0.2, -0.15) is 0 Å². The van der Waals surface area contributed by atoms with E-state index in [1.807, 2.05) is 0 Å². The summed E-state index contributed by atoms with van der Waals surface area (Å²) in [6.45, 7) is 2.19. The minimum Gasteiger partial charge on any atom is -0.481 e. The van der Waals surface area contributed by atoms with Crippen LogP contribution < -0.4 is 0 Å². The zero-order chi connectivity index (χ0) is 14.3. The van der Waals surface area contributed by atoms with Crippen molar-refractivity contribution in [2.45, 2.75) is 64.7 Å². The van der Waals surface area contributed by atoms with E-state index in [0.29, 0.717) is 0 Å². The molecule has 0 unspecified atom stereocenters. The van der Waals surface area contributed by atoms with E-state index in [0.717, 1.165) is 57.3 Å². The Morgan fingerprint density at radius 2 is 1.16 bits per heavy atom. The Kier molecular flexibility index (Phi) is 6.89. The van der Waals surface area contributed by atoms with Crippen molar-refractivity contribution in [1.29, 1.82) is 0 Å². The molecule has 0 spiro atoms. The van der Waals surface area contributed by atoms with Crippen LogP contribution in [0.4, 0.5) is 0 Å². The van der Waals surface area contributed by atoms with Crippen molar-refractivity contribution in [1.82, 2.24) is 0 Å². The fourth-order valence-corrected chi connectivity index (χ4v) is 2.86. The molecule has 19 heavy (non-hydrogen) atoms. The summed E-state index contributed by atoms with van der Waals surface area (Å²) < 4.78 is 0. The quantitative estimate of drug-likeness (QED) is 0.804. The second kappa shape index (κ2) is 8.18. The molecule has 2 fully saturated rings. The topological polar surface area (TPSA) is 74.6 Å². The van der Waals surface area contributed by atoms with E-state index in [2.05, 4.69) is 6.92 Å². The summed E-state index contributed by atoms with van der Waals surface area (Å²) in [5.41, 5.74) is 0. The molecule has 0 heterocycles. The van der Waals surface area contributed by atoms with Gasteiger partial charge in [0.1, 0.15) is 0 Å². The molecular weight excluding hydrogens is 244 g/mol. The highest BCUT2D eigenvalue weighted by Crippen LogP contribution is 2.28. The summed E-state index contributed by atoms with van der Waals surface area (Å²) in [5.74, 6) is -0.535. The largest absolute Gasteiger partial charge is 0.481 e. The van der Waals surface area contributed by atoms with Crippen LogP contribution in [0.5, 0.6) is 0 Å². The molecule has 0 bridgehead atoms. The van der Waals surface area contributed by atoms with Crippen LogP contribution in [-0.4, -0.2) is 22.2 Å². The Balaban J connectivity index is 0.000000191. The molecule has 0 aromatic rings. The van der Waals surface area contributed by atoms with E-state index in [-0.39, 0.29) is 11.8 Å². The molecule has 0 aromatic heterocycles. The number of carboxylic acid groups (broad SMARTS) is 2. The van der Waals surface area contributed by atoms with Crippen molar-refractivity contribution in [3.05, 3.63) is 0 Å². The predicted molar refractivity (Wildman–Crippen MR) is 73.0 cm³/mol. The van der Waals surface area contributed by atoms with Crippen molar-refractivity contribution < 1.29 is 19.8 Å². The molecule has 0 saturated heterocycles. The lowest BCUT2D eigenvalue weighted by molar-refractivity contribution is -0.143. The highest BCUT2D eigenvalue weighted by molar-refractivity contribution is 5.70. The first kappa shape index (κ1) is 16.0. The molecule has 0 aromatic carbocycles. The van der Waals surface area contributed by atoms with Crippen LogP contribution in [-0.2, 0) is 9.59 Å². The SMILES string of the molecule is CC1CCC(C(=O)O)CC1.O=C(O)C1CCCCC1. The molecule has 4 heteroatoms. The van der Waals surface area contributed by atoms with Crippen LogP contribution in [0.15, 0.2) is 0 Å². The number of carboxylic acids is 2. The van der Waals surface area contributed by atoms with Crippen LogP contribution in [0.1, 0.15) is 64.7 Å². The molecule has 2 N–H and O–H groups in total. The van der Waals surface area contributed by atoms with Gasteiger partial charge in [-0.25, -0.2) is 0 Å². The van der Waals surface area contributed by atoms with Gasteiger partial charge in [0.15, 0.2) is 0 Å². The van der Waals surface area contributed by atoms with Gasteiger partial charge in [0.2, 0.25) is 0 Å². The van der Waals surface area contributed by atoms with Crippen molar-refractivity contribution in [2.75, 3.05) is 0 Å². The van der Waals surface area contributed by atoms with Crippen molar-refractivity contribution >= 4 is 11.9 Å². The van der Waals surface area contributed by atoms with Crippen molar-refractivity contribution in [3.8, 4) is 0 Å². The van der Waals surface area contributed by atoms with Crippen molar-refractivity contribution in [2.24, 2.45) is 17.8 Å². The van der Waals surface area contributed by atoms with E-state index < -0.39 is 11.9 Å². The van der Waals surface area contributed by atoms with Gasteiger partial charge in [0.25, 0.3) is 0 Å². The first-order valence-corrected chi connectivity index (χ1v) is 7.46. The maximum Gasteiger partial charge on any atom is 0.306 e. The lowest BCUT2D eigenvalue weighted by Gasteiger charge is -2.22. The molecule has 0 aliphatic heterocycles. The number of hydrogen-bond acceptors (Lipinski definition) is 2. The number of hydrogen-bond donors (Lipinski definition) is 2. The lowest BCUT2D eigenvalue weighted by Crippen LogP contribution is -2.19. The van der Waals surface area contributed by atoms with Gasteiger partial charge in [0, 0.05) is 0 Å². The number of rotatable bonds is 2. The maximum atomic E-state index is 10.5. The number of aliphatic carboxylic acids is 2. The molecule has 2 rings (SSSR count). The second-order valence-corrected chi connectivity index (χ2v) is 5.97. The number of carbonyl (C=O) groups is 2. The summed E-state index contributed by atoms with van der Waals surface area (Å²) in [4.78, 5) is 20.8. The van der Waals surface area contributed by atoms with Crippen LogP contribution in [0.2, 0.25) is 0 Å². The molecular formula is C15H26O4. The van der Waals surface area contributed by atoms with Gasteiger partial charge in [-0.1, -0.05) is 26.2 Å². The molecule has 110 valence electrons. The third-order valence-electron chi connectivity index (χ3n) is 4.32. The molecule has 4 nitrogen and oxygen atoms in total. The Hall–Kier alpha value is -1.06. The van der Waals surface area contributed by atoms with Crippen LogP contribution in [0.25, 0.3) is 0 Å². The van der Waals surface area contributed by atoms with Gasteiger partial charge in [-0.05, 0) is 44.4 Å². The maximum absolute atomic E-state index is 10.5. The first-order chi connectivity index (χ1) is 9.00. The minimum atomic E-state index is -0.605. The van der Waals surface area contributed by atoms with E-state index in [9.17, 15) is 9.59 Å². The Morgan fingerprint density at radius 3 is 1.53 bits per heavy atom. The van der Waals surface area contributed by atoms with Gasteiger partial charge < -0.3 is 10.2 Å². The van der Waals surface area contributed by atoms with Gasteiger partial charge in [0.05, 0.1) is 11.8 Å². The summed E-state index contributed by atoms with van der Waals surface area (Å²) >= 11 is 0. The zero-order valence-corrected chi connectivity index (χ0v) is 11.8. The smallest absolute Gasteiger partial charge is 0.306 e. The predicted octanol–water partition coefficient (Wildman–Crippen LogP) is 3.55. The van der Waals surface area contributed by atoms with Gasteiger partial charge >= 0.3 is 11.9 Å². The Labute approximate surface area is 115 Å². The fourth-order valence-electron chi connectivity index (χ4n) is 2.86. The van der Waals surface area contributed by atoms with E-state index in [1.54, 1.807) is 0 Å². The van der Waals surface area contributed by atoms with E-state index >= 15 is 0 Å². The van der Waals surface area contributed by atoms with Crippen molar-refractivity contribution in [3.63, 3.8) is 0 Å². The molecule has 2 saturated carbocycles. The Morgan fingerprint density at radius 1 is 0.737 bits per heavy atom. The highest BCUT2D eigenvalue weighted by atomic mass is 16.4. The van der Waals surface area contributed by atoms with Crippen LogP contribution >= 0.6 is 0 Å². The van der Waals surface area contributed by atoms with Crippen LogP contribution in [0, 0.1) is 17.8 Å². The molecule has 0 atom stereocenters. The highest BCUT2D eigenvalue weighted by Gasteiger charge is 2.23. The summed E-state index contributed by atoms with van der Waals surface area (Å²) in [6, 6.07) is 0. The van der Waals surface area contributed by atoms with Crippen LogP contribution in [0.3, 0.4) is 0 Å². The molecule has 2 aliphatic rings. The summed E-state index contributed by atoms with van der Waals surface area (Å²) in [7, 11) is 0. The third kappa shape index (κ3) is 6.08. The molecule has 2 aliphatic carbocycles. The fraction of sp³-hybridized carbons (Fsp3) is 0.867. The lowest BCUT2D eigenvalue weighted by atomic mass is 9.83. The normalized spacial score (nSPS) is 28.1. The minimum absolute atomic E-state index is 0.0289. The van der Waals surface area contributed by atoms with Gasteiger partial charge in [-0.3, -0.25) is 9.59 Å². The monoisotopic (exact) mass is 270 g/mol. The standard InChI is InChI=1S/C8H14O2.C7H12O2/c1-6-2-4-7(5-3-6)8(9)10;8-7(9)6-4-2-1-3-5-6/h6-7H,2-5H2,1H3,(H,9,10);6H,1-5H2,(H,8,9). The summed E-state index contributed by atoms with van der Waals surface area (Å²) in [6.07, 6.45) is 9.20. The molecule has 0 radical (unpaired) electrons. The summed E-state index contributed by atoms with van der Waals surface area (Å²) in [5, 5.41) is 17.2. The second-order valence-electron chi connectivity index (χ2n) is 5.97. The average Bonchev–Trinajstić information content (AvgIpc) is 2.41. The third-order valence-corrected chi connectivity index (χ3v) is 4.32. The first-order valence-electron chi connectivity index (χ1n) is 7.46.